The Balaban J connectivity index is 2.27. The molecule has 0 fully saturated rings. The Kier molecular flexibility index (Phi) is 5.35. The van der Waals surface area contributed by atoms with Crippen LogP contribution in [0.25, 0.3) is 0 Å². The van der Waals surface area contributed by atoms with E-state index >= 15 is 0 Å². The molecular formula is C10H12ClN3O3. The van der Waals surface area contributed by atoms with E-state index in [1.165, 1.54) is 12.3 Å². The van der Waals surface area contributed by atoms with Crippen LogP contribution >= 0.6 is 11.6 Å². The van der Waals surface area contributed by atoms with Gasteiger partial charge in [-0.25, -0.2) is 9.97 Å². The van der Waals surface area contributed by atoms with E-state index in [-0.39, 0.29) is 29.9 Å². The second-order valence-electron chi connectivity index (χ2n) is 3.35. The van der Waals surface area contributed by atoms with Gasteiger partial charge < -0.3 is 5.11 Å². The van der Waals surface area contributed by atoms with Crippen LogP contribution < -0.4 is 5.32 Å². The first-order valence-electron chi connectivity index (χ1n) is 5.08. The lowest BCUT2D eigenvalue weighted by Crippen LogP contribution is -2.13. The zero-order valence-corrected chi connectivity index (χ0v) is 9.78. The minimum absolute atomic E-state index is 0.0704. The molecule has 17 heavy (non-hydrogen) atoms. The van der Waals surface area contributed by atoms with Crippen LogP contribution in [0.15, 0.2) is 12.3 Å². The van der Waals surface area contributed by atoms with Crippen LogP contribution in [0.4, 0.5) is 5.95 Å². The molecule has 0 aliphatic carbocycles. The summed E-state index contributed by atoms with van der Waals surface area (Å²) in [5, 5.41) is 11.1. The summed E-state index contributed by atoms with van der Waals surface area (Å²) in [5.41, 5.74) is 0. The average molecular weight is 258 g/mol. The highest BCUT2D eigenvalue weighted by Crippen LogP contribution is 2.07. The lowest BCUT2D eigenvalue weighted by Gasteiger charge is -2.02. The van der Waals surface area contributed by atoms with Crippen molar-refractivity contribution in [1.29, 1.82) is 0 Å². The first kappa shape index (κ1) is 13.4. The topological polar surface area (TPSA) is 92.2 Å². The van der Waals surface area contributed by atoms with Crippen LogP contribution in [0, 0.1) is 0 Å². The van der Waals surface area contributed by atoms with Crippen molar-refractivity contribution in [3.63, 3.8) is 0 Å². The SMILES string of the molecule is O=C(O)CCCCC(=O)Nc1nccc(Cl)n1. The van der Waals surface area contributed by atoms with Gasteiger partial charge in [0.05, 0.1) is 0 Å². The number of rotatable bonds is 6. The molecule has 1 aromatic rings. The first-order valence-corrected chi connectivity index (χ1v) is 5.46. The third kappa shape index (κ3) is 5.82. The molecule has 0 radical (unpaired) electrons. The van der Waals surface area contributed by atoms with Crippen LogP contribution in [0.3, 0.4) is 0 Å². The molecule has 0 unspecified atom stereocenters. The van der Waals surface area contributed by atoms with Gasteiger partial charge in [-0.3, -0.25) is 14.9 Å². The Bertz CT molecular complexity index is 412. The normalized spacial score (nSPS) is 9.94. The predicted molar refractivity (Wildman–Crippen MR) is 61.8 cm³/mol. The fourth-order valence-corrected chi connectivity index (χ4v) is 1.28. The highest BCUT2D eigenvalue weighted by molar-refractivity contribution is 6.29. The van der Waals surface area contributed by atoms with Crippen LogP contribution in [-0.2, 0) is 9.59 Å². The van der Waals surface area contributed by atoms with Crippen molar-refractivity contribution < 1.29 is 14.7 Å². The van der Waals surface area contributed by atoms with E-state index in [1.54, 1.807) is 0 Å². The van der Waals surface area contributed by atoms with E-state index in [1.807, 2.05) is 0 Å². The Hall–Kier alpha value is -1.69. The molecule has 1 rings (SSSR count). The lowest BCUT2D eigenvalue weighted by atomic mass is 10.2. The van der Waals surface area contributed by atoms with Gasteiger partial charge >= 0.3 is 5.97 Å². The standard InChI is InChI=1S/C10H12ClN3O3/c11-7-5-6-12-10(13-7)14-8(15)3-1-2-4-9(16)17/h5-6H,1-4H2,(H,16,17)(H,12,13,14,15). The number of nitrogens with zero attached hydrogens (tertiary/aromatic N) is 2. The molecule has 0 spiro atoms. The van der Waals surface area contributed by atoms with Gasteiger partial charge in [-0.05, 0) is 18.9 Å². The van der Waals surface area contributed by atoms with Gasteiger partial charge in [0, 0.05) is 19.0 Å². The highest BCUT2D eigenvalue weighted by atomic mass is 35.5. The molecule has 0 aliphatic rings. The first-order chi connectivity index (χ1) is 8.08. The molecule has 0 saturated heterocycles. The van der Waals surface area contributed by atoms with Crippen LogP contribution in [-0.4, -0.2) is 27.0 Å². The van der Waals surface area contributed by atoms with E-state index in [2.05, 4.69) is 15.3 Å². The number of carbonyl (C=O) groups excluding carboxylic acids is 1. The summed E-state index contributed by atoms with van der Waals surface area (Å²) in [5.74, 6) is -0.957. The molecule has 0 bridgehead atoms. The number of carboxylic acids is 1. The Morgan fingerprint density at radius 1 is 1.35 bits per heavy atom. The Morgan fingerprint density at radius 2 is 2.06 bits per heavy atom. The summed E-state index contributed by atoms with van der Waals surface area (Å²) in [6, 6.07) is 1.50. The monoisotopic (exact) mass is 257 g/mol. The number of hydrogen-bond acceptors (Lipinski definition) is 4. The minimum Gasteiger partial charge on any atom is -0.481 e. The Morgan fingerprint density at radius 3 is 2.71 bits per heavy atom. The molecule has 1 aromatic heterocycles. The number of carbonyl (C=O) groups is 2. The molecule has 2 N–H and O–H groups in total. The van der Waals surface area contributed by atoms with Crippen molar-refractivity contribution in [2.24, 2.45) is 0 Å². The molecule has 7 heteroatoms. The van der Waals surface area contributed by atoms with E-state index in [9.17, 15) is 9.59 Å². The molecule has 1 heterocycles. The predicted octanol–water partition coefficient (Wildman–Crippen LogP) is 1.71. The van der Waals surface area contributed by atoms with Gasteiger partial charge in [0.2, 0.25) is 11.9 Å². The van der Waals surface area contributed by atoms with Crippen LogP contribution in [0.1, 0.15) is 25.7 Å². The highest BCUT2D eigenvalue weighted by Gasteiger charge is 2.05. The third-order valence-corrected chi connectivity index (χ3v) is 2.13. The van der Waals surface area contributed by atoms with Crippen molar-refractivity contribution in [1.82, 2.24) is 9.97 Å². The number of hydrogen-bond donors (Lipinski definition) is 2. The summed E-state index contributed by atoms with van der Waals surface area (Å²) in [7, 11) is 0. The van der Waals surface area contributed by atoms with E-state index < -0.39 is 5.97 Å². The third-order valence-electron chi connectivity index (χ3n) is 1.92. The molecule has 0 aliphatic heterocycles. The largest absolute Gasteiger partial charge is 0.481 e. The fraction of sp³-hybridized carbons (Fsp3) is 0.400. The molecule has 0 aromatic carbocycles. The minimum atomic E-state index is -0.858. The van der Waals surface area contributed by atoms with Gasteiger partial charge in [-0.15, -0.1) is 0 Å². The maximum atomic E-state index is 11.4. The summed E-state index contributed by atoms with van der Waals surface area (Å²) in [6.07, 6.45) is 2.73. The number of nitrogens with one attached hydrogen (secondary N) is 1. The van der Waals surface area contributed by atoms with Crippen molar-refractivity contribution in [2.45, 2.75) is 25.7 Å². The quantitative estimate of drug-likeness (QED) is 0.598. The van der Waals surface area contributed by atoms with E-state index in [0.29, 0.717) is 12.8 Å². The smallest absolute Gasteiger partial charge is 0.303 e. The zero-order chi connectivity index (χ0) is 12.7. The average Bonchev–Trinajstić information content (AvgIpc) is 2.24. The molecule has 1 amide bonds. The number of aliphatic carboxylic acids is 1. The number of aromatic nitrogens is 2. The maximum absolute atomic E-state index is 11.4. The Labute approximate surface area is 103 Å². The van der Waals surface area contributed by atoms with E-state index in [4.69, 9.17) is 16.7 Å². The van der Waals surface area contributed by atoms with Gasteiger partial charge in [0.15, 0.2) is 0 Å². The number of halogens is 1. The van der Waals surface area contributed by atoms with Crippen LogP contribution in [0.2, 0.25) is 5.15 Å². The molecule has 0 saturated carbocycles. The summed E-state index contributed by atoms with van der Waals surface area (Å²) < 4.78 is 0. The molecule has 0 atom stereocenters. The molecule has 6 nitrogen and oxygen atoms in total. The van der Waals surface area contributed by atoms with E-state index in [0.717, 1.165) is 0 Å². The molecule has 92 valence electrons. The second-order valence-corrected chi connectivity index (χ2v) is 3.74. The second kappa shape index (κ2) is 6.80. The van der Waals surface area contributed by atoms with Crippen molar-refractivity contribution in [2.75, 3.05) is 5.32 Å². The van der Waals surface area contributed by atoms with Gasteiger partial charge in [-0.1, -0.05) is 11.6 Å². The van der Waals surface area contributed by atoms with Gasteiger partial charge in [-0.2, -0.15) is 0 Å². The van der Waals surface area contributed by atoms with Gasteiger partial charge in [0.1, 0.15) is 5.15 Å². The fourth-order valence-electron chi connectivity index (χ4n) is 1.15. The number of anilines is 1. The van der Waals surface area contributed by atoms with Crippen molar-refractivity contribution >= 4 is 29.4 Å². The van der Waals surface area contributed by atoms with Crippen molar-refractivity contribution in [3.05, 3.63) is 17.4 Å². The summed E-state index contributed by atoms with van der Waals surface area (Å²) in [4.78, 5) is 29.2. The van der Waals surface area contributed by atoms with Gasteiger partial charge in [0.25, 0.3) is 0 Å². The summed E-state index contributed by atoms with van der Waals surface area (Å²) in [6.45, 7) is 0. The van der Waals surface area contributed by atoms with Crippen LogP contribution in [0.5, 0.6) is 0 Å². The maximum Gasteiger partial charge on any atom is 0.303 e. The summed E-state index contributed by atoms with van der Waals surface area (Å²) >= 11 is 5.62. The molecular weight excluding hydrogens is 246 g/mol. The number of carboxylic acid groups (broad SMARTS) is 1. The lowest BCUT2D eigenvalue weighted by molar-refractivity contribution is -0.137. The number of amides is 1. The zero-order valence-electron chi connectivity index (χ0n) is 9.02. The number of unbranched alkanes of at least 4 members (excludes halogenated alkanes) is 1. The van der Waals surface area contributed by atoms with Crippen molar-refractivity contribution in [3.8, 4) is 0 Å².